The molecule has 314 valence electrons. The molecule has 0 fully saturated rings. The van der Waals surface area contributed by atoms with Crippen LogP contribution in [0.3, 0.4) is 0 Å². The summed E-state index contributed by atoms with van der Waals surface area (Å²) in [5.74, 6) is 0. The van der Waals surface area contributed by atoms with E-state index >= 15 is 0 Å². The summed E-state index contributed by atoms with van der Waals surface area (Å²) in [5.41, 5.74) is 14.4. The van der Waals surface area contributed by atoms with Crippen LogP contribution in [0.4, 0.5) is 51.2 Å². The first-order chi connectivity index (χ1) is 29.9. The predicted molar refractivity (Wildman–Crippen MR) is 275 cm³/mol. The standard InChI is InChI=1S/C42H30BN3.7C2H6/c1-5-17-31(18-6-1)44(32-19-7-2-8-20-32)35-29-40-42-41(30-35)46(34-23-11-4-12-24-34)39-28-16-14-26-37(39)43(42)36-25-13-15-27-38(36)45(40)33-21-9-3-10-22-33;7*1-2/h1-30H;7*1-2H3. The summed E-state index contributed by atoms with van der Waals surface area (Å²) >= 11 is 0. The normalized spacial score (nSPS) is 10.4. The lowest BCUT2D eigenvalue weighted by molar-refractivity contribution is 1.23. The molecule has 0 N–H and O–H groups in total. The fourth-order valence-corrected chi connectivity index (χ4v) is 7.32. The average Bonchev–Trinajstić information content (AvgIpc) is 3.37. The second kappa shape index (κ2) is 27.6. The smallest absolute Gasteiger partial charge is 0.252 e. The quantitative estimate of drug-likeness (QED) is 0.161. The van der Waals surface area contributed by atoms with E-state index in [1.54, 1.807) is 0 Å². The Morgan fingerprint density at radius 2 is 0.583 bits per heavy atom. The third-order valence-electron chi connectivity index (χ3n) is 9.18. The van der Waals surface area contributed by atoms with Gasteiger partial charge in [-0.3, -0.25) is 0 Å². The number of fused-ring (bicyclic) bond motifs is 4. The predicted octanol–water partition coefficient (Wildman–Crippen LogP) is 16.4. The lowest BCUT2D eigenvalue weighted by atomic mass is 9.33. The Morgan fingerprint density at radius 3 is 0.917 bits per heavy atom. The van der Waals surface area contributed by atoms with Crippen LogP contribution in [0.2, 0.25) is 0 Å². The molecule has 2 heterocycles. The Morgan fingerprint density at radius 1 is 0.300 bits per heavy atom. The summed E-state index contributed by atoms with van der Waals surface area (Å²) in [6.07, 6.45) is 0. The molecule has 0 aliphatic carbocycles. The molecule has 2 aliphatic heterocycles. The minimum Gasteiger partial charge on any atom is -0.311 e. The molecule has 0 atom stereocenters. The van der Waals surface area contributed by atoms with E-state index in [0.717, 1.165) is 28.4 Å². The van der Waals surface area contributed by atoms with Crippen LogP contribution in [0.25, 0.3) is 0 Å². The van der Waals surface area contributed by atoms with Gasteiger partial charge in [0.2, 0.25) is 0 Å². The molecular formula is C56H72BN3. The van der Waals surface area contributed by atoms with Gasteiger partial charge in [0, 0.05) is 45.5 Å². The van der Waals surface area contributed by atoms with Crippen molar-refractivity contribution in [2.75, 3.05) is 14.7 Å². The molecule has 0 unspecified atom stereocenters. The molecule has 7 aromatic rings. The van der Waals surface area contributed by atoms with Crippen molar-refractivity contribution in [3.8, 4) is 0 Å². The minimum absolute atomic E-state index is 0.0910. The third kappa shape index (κ3) is 10.8. The average molecular weight is 798 g/mol. The zero-order valence-electron chi connectivity index (χ0n) is 39.2. The van der Waals surface area contributed by atoms with E-state index < -0.39 is 0 Å². The molecule has 4 heteroatoms. The summed E-state index contributed by atoms with van der Waals surface area (Å²) in [7, 11) is 0. The van der Waals surface area contributed by atoms with E-state index in [1.807, 2.05) is 96.9 Å². The van der Waals surface area contributed by atoms with Crippen molar-refractivity contribution in [1.29, 1.82) is 0 Å². The van der Waals surface area contributed by atoms with Gasteiger partial charge in [0.15, 0.2) is 0 Å². The summed E-state index contributed by atoms with van der Waals surface area (Å²) in [4.78, 5) is 7.29. The maximum Gasteiger partial charge on any atom is 0.252 e. The second-order valence-corrected chi connectivity index (χ2v) is 11.8. The van der Waals surface area contributed by atoms with Crippen LogP contribution in [-0.4, -0.2) is 6.71 Å². The molecule has 0 radical (unpaired) electrons. The maximum atomic E-state index is 2.46. The Balaban J connectivity index is 0.000000809. The monoisotopic (exact) mass is 798 g/mol. The molecule has 0 saturated heterocycles. The van der Waals surface area contributed by atoms with Gasteiger partial charge >= 0.3 is 0 Å². The SMILES string of the molecule is CC.CC.CC.CC.CC.CC.CC.c1ccc(N(c2ccccc2)c2cc3c4c(c2)N(c2ccccc2)c2ccccc2B4c2ccccc2N3c2ccccc2)cc1. The van der Waals surface area contributed by atoms with Gasteiger partial charge in [-0.15, -0.1) is 0 Å². The molecule has 2 aliphatic rings. The van der Waals surface area contributed by atoms with Crippen LogP contribution >= 0.6 is 0 Å². The molecule has 9 rings (SSSR count). The van der Waals surface area contributed by atoms with Crippen molar-refractivity contribution in [2.24, 2.45) is 0 Å². The van der Waals surface area contributed by atoms with Crippen LogP contribution in [0.1, 0.15) is 96.9 Å². The summed E-state index contributed by atoms with van der Waals surface area (Å²) in [6, 6.07) is 65.6. The van der Waals surface area contributed by atoms with Crippen molar-refractivity contribution in [3.63, 3.8) is 0 Å². The topological polar surface area (TPSA) is 9.72 Å². The van der Waals surface area contributed by atoms with Crippen LogP contribution in [0.5, 0.6) is 0 Å². The van der Waals surface area contributed by atoms with Gasteiger partial charge in [0.05, 0.1) is 5.69 Å². The van der Waals surface area contributed by atoms with Crippen LogP contribution < -0.4 is 31.1 Å². The fourth-order valence-electron chi connectivity index (χ4n) is 7.32. The first kappa shape index (κ1) is 50.1. The van der Waals surface area contributed by atoms with E-state index in [0.29, 0.717) is 0 Å². The van der Waals surface area contributed by atoms with Gasteiger partial charge in [0.1, 0.15) is 0 Å². The highest BCUT2D eigenvalue weighted by Crippen LogP contribution is 2.47. The first-order valence-electron chi connectivity index (χ1n) is 22.8. The Labute approximate surface area is 366 Å². The Bertz CT molecular complexity index is 2020. The van der Waals surface area contributed by atoms with Crippen molar-refractivity contribution < 1.29 is 0 Å². The van der Waals surface area contributed by atoms with Gasteiger partial charge in [-0.1, -0.05) is 206 Å². The number of anilines is 9. The maximum absolute atomic E-state index is 2.46. The van der Waals surface area contributed by atoms with Crippen molar-refractivity contribution >= 4 is 74.3 Å². The number of para-hydroxylation sites is 6. The highest BCUT2D eigenvalue weighted by molar-refractivity contribution is 7.00. The number of hydrogen-bond donors (Lipinski definition) is 0. The van der Waals surface area contributed by atoms with Crippen molar-refractivity contribution in [2.45, 2.75) is 96.9 Å². The van der Waals surface area contributed by atoms with Crippen LogP contribution in [0, 0.1) is 0 Å². The summed E-state index contributed by atoms with van der Waals surface area (Å²) < 4.78 is 0. The summed E-state index contributed by atoms with van der Waals surface area (Å²) in [6.45, 7) is 28.1. The lowest BCUT2D eigenvalue weighted by Gasteiger charge is -2.45. The van der Waals surface area contributed by atoms with Gasteiger partial charge < -0.3 is 14.7 Å². The van der Waals surface area contributed by atoms with E-state index in [4.69, 9.17) is 0 Å². The van der Waals surface area contributed by atoms with E-state index in [2.05, 4.69) is 197 Å². The van der Waals surface area contributed by atoms with E-state index in [9.17, 15) is 0 Å². The summed E-state index contributed by atoms with van der Waals surface area (Å²) in [5, 5.41) is 0. The molecule has 60 heavy (non-hydrogen) atoms. The molecule has 0 bridgehead atoms. The van der Waals surface area contributed by atoms with Gasteiger partial charge in [0.25, 0.3) is 6.71 Å². The van der Waals surface area contributed by atoms with E-state index in [-0.39, 0.29) is 6.71 Å². The Hall–Kier alpha value is -6.00. The molecule has 0 amide bonds. The molecular weight excluding hydrogens is 725 g/mol. The molecule has 0 saturated carbocycles. The van der Waals surface area contributed by atoms with E-state index in [1.165, 1.54) is 39.1 Å². The fraction of sp³-hybridized carbons (Fsp3) is 0.250. The number of hydrogen-bond acceptors (Lipinski definition) is 3. The highest BCUT2D eigenvalue weighted by Gasteiger charge is 2.43. The second-order valence-electron chi connectivity index (χ2n) is 11.8. The lowest BCUT2D eigenvalue weighted by Crippen LogP contribution is -2.61. The van der Waals surface area contributed by atoms with Crippen LogP contribution in [-0.2, 0) is 0 Å². The largest absolute Gasteiger partial charge is 0.311 e. The molecule has 7 aromatic carbocycles. The van der Waals surface area contributed by atoms with Gasteiger partial charge in [-0.2, -0.15) is 0 Å². The zero-order valence-corrected chi connectivity index (χ0v) is 39.2. The number of nitrogens with zero attached hydrogens (tertiary/aromatic N) is 3. The van der Waals surface area contributed by atoms with Crippen LogP contribution in [0.15, 0.2) is 182 Å². The number of benzene rings is 7. The van der Waals surface area contributed by atoms with Gasteiger partial charge in [-0.25, -0.2) is 0 Å². The third-order valence-corrected chi connectivity index (χ3v) is 9.18. The molecule has 0 spiro atoms. The van der Waals surface area contributed by atoms with Crippen molar-refractivity contribution in [3.05, 3.63) is 182 Å². The highest BCUT2D eigenvalue weighted by atomic mass is 15.2. The van der Waals surface area contributed by atoms with Crippen molar-refractivity contribution in [1.82, 2.24) is 0 Å². The molecule has 0 aromatic heterocycles. The number of rotatable bonds is 5. The first-order valence-corrected chi connectivity index (χ1v) is 22.8. The molecule has 3 nitrogen and oxygen atoms in total. The van der Waals surface area contributed by atoms with Gasteiger partial charge in [-0.05, 0) is 89.2 Å². The minimum atomic E-state index is 0.0910. The Kier molecular flexibility index (Phi) is 23.1. The zero-order chi connectivity index (χ0) is 44.5.